The molecule has 1 aromatic heterocycles. The number of thiophene rings is 1. The number of nitrogens with zero attached hydrogens (tertiary/aromatic N) is 2. The molecule has 0 radical (unpaired) electrons. The van der Waals surface area contributed by atoms with Crippen LogP contribution in [0.1, 0.15) is 17.4 Å². The number of amides is 2. The zero-order chi connectivity index (χ0) is 17.0. The summed E-state index contributed by atoms with van der Waals surface area (Å²) in [5.74, 6) is 10.5. The molecule has 5 N–H and O–H groups in total. The summed E-state index contributed by atoms with van der Waals surface area (Å²) in [6.45, 7) is 2.55. The van der Waals surface area contributed by atoms with Gasteiger partial charge in [-0.15, -0.1) is 11.3 Å². The van der Waals surface area contributed by atoms with E-state index in [1.54, 1.807) is 11.3 Å². The fourth-order valence-corrected chi connectivity index (χ4v) is 3.19. The number of nitrogens with two attached hydrogens (primary N) is 2. The maximum atomic E-state index is 13.9. The van der Waals surface area contributed by atoms with Gasteiger partial charge in [0.25, 0.3) is 0 Å². The molecule has 0 aliphatic carbocycles. The minimum absolute atomic E-state index is 0.267. The highest BCUT2D eigenvalue weighted by Gasteiger charge is 2.21. The summed E-state index contributed by atoms with van der Waals surface area (Å²) >= 11 is 1.63. The van der Waals surface area contributed by atoms with E-state index >= 15 is 0 Å². The van der Waals surface area contributed by atoms with Crippen LogP contribution in [0.3, 0.4) is 0 Å². The lowest BCUT2D eigenvalue weighted by Crippen LogP contribution is -2.48. The minimum Gasteiger partial charge on any atom is -0.367 e. The Labute approximate surface area is 138 Å². The summed E-state index contributed by atoms with van der Waals surface area (Å²) in [7, 11) is 1.88. The zero-order valence-electron chi connectivity index (χ0n) is 13.0. The third kappa shape index (κ3) is 3.79. The molecule has 0 atom stereocenters. The molecule has 0 fully saturated rings. The number of rotatable bonds is 5. The van der Waals surface area contributed by atoms with Gasteiger partial charge >= 0.3 is 6.03 Å². The molecule has 0 saturated heterocycles. The van der Waals surface area contributed by atoms with Crippen molar-refractivity contribution in [3.8, 4) is 0 Å². The van der Waals surface area contributed by atoms with Gasteiger partial charge in [-0.2, -0.15) is 0 Å². The van der Waals surface area contributed by atoms with Gasteiger partial charge in [-0.25, -0.2) is 25.9 Å². The van der Waals surface area contributed by atoms with E-state index in [0.717, 1.165) is 15.4 Å². The Kier molecular flexibility index (Phi) is 5.54. The van der Waals surface area contributed by atoms with Crippen molar-refractivity contribution >= 4 is 28.7 Å². The third-order valence-corrected chi connectivity index (χ3v) is 4.33. The molecular weight excluding hydrogens is 317 g/mol. The van der Waals surface area contributed by atoms with Crippen LogP contribution in [0, 0.1) is 5.82 Å². The van der Waals surface area contributed by atoms with E-state index in [1.807, 2.05) is 41.8 Å². The number of carbonyl (C=O) groups is 1. The van der Waals surface area contributed by atoms with Gasteiger partial charge < -0.3 is 4.90 Å². The van der Waals surface area contributed by atoms with Gasteiger partial charge in [-0.05, 0) is 29.5 Å². The van der Waals surface area contributed by atoms with Gasteiger partial charge in [0.2, 0.25) is 0 Å². The average Bonchev–Trinajstić information content (AvgIpc) is 3.05. The van der Waals surface area contributed by atoms with Crippen molar-refractivity contribution in [2.24, 2.45) is 11.7 Å². The van der Waals surface area contributed by atoms with Crippen molar-refractivity contribution in [3.05, 3.63) is 45.9 Å². The molecule has 2 rings (SSSR count). The van der Waals surface area contributed by atoms with Crippen molar-refractivity contribution in [1.82, 2.24) is 5.43 Å². The number of halogens is 1. The molecule has 0 aliphatic rings. The molecule has 0 unspecified atom stereocenters. The molecule has 1 heterocycles. The topological polar surface area (TPSA) is 87.6 Å². The summed E-state index contributed by atoms with van der Waals surface area (Å²) in [4.78, 5) is 14.8. The number of urea groups is 1. The molecule has 0 saturated carbocycles. The number of hydrogen-bond acceptors (Lipinski definition) is 5. The molecule has 6 nitrogen and oxygen atoms in total. The number of hydrazine groups is 2. The minimum atomic E-state index is -0.719. The Bertz CT molecular complexity index is 677. The Balaban J connectivity index is 2.47. The first-order chi connectivity index (χ1) is 11.0. The Morgan fingerprint density at radius 2 is 2.17 bits per heavy atom. The van der Waals surface area contributed by atoms with Crippen molar-refractivity contribution in [2.75, 3.05) is 17.0 Å². The lowest BCUT2D eigenvalue weighted by Gasteiger charge is -2.28. The van der Waals surface area contributed by atoms with Crippen LogP contribution < -0.4 is 27.0 Å². The van der Waals surface area contributed by atoms with Gasteiger partial charge in [-0.1, -0.05) is 13.0 Å². The van der Waals surface area contributed by atoms with Gasteiger partial charge in [0.05, 0.1) is 17.9 Å². The number of benzene rings is 1. The number of nitrogens with one attached hydrogen (secondary N) is 1. The molecule has 0 spiro atoms. The second-order valence-corrected chi connectivity index (χ2v) is 6.07. The third-order valence-electron chi connectivity index (χ3n) is 3.47. The van der Waals surface area contributed by atoms with Crippen molar-refractivity contribution < 1.29 is 9.18 Å². The number of anilines is 2. The monoisotopic (exact) mass is 337 g/mol. The van der Waals surface area contributed by atoms with Crippen LogP contribution in [-0.4, -0.2) is 13.1 Å². The predicted molar refractivity (Wildman–Crippen MR) is 91.6 cm³/mol. The summed E-state index contributed by atoms with van der Waals surface area (Å²) in [5.41, 5.74) is 3.69. The zero-order valence-corrected chi connectivity index (χ0v) is 13.9. The van der Waals surface area contributed by atoms with Gasteiger partial charge in [0, 0.05) is 18.0 Å². The molecule has 8 heteroatoms. The van der Waals surface area contributed by atoms with Crippen molar-refractivity contribution in [1.29, 1.82) is 0 Å². The first kappa shape index (κ1) is 17.2. The Hall–Kier alpha value is -2.16. The van der Waals surface area contributed by atoms with E-state index in [4.69, 9.17) is 11.7 Å². The van der Waals surface area contributed by atoms with E-state index in [-0.39, 0.29) is 5.69 Å². The quantitative estimate of drug-likeness (QED) is 0.444. The molecule has 1 aromatic carbocycles. The summed E-state index contributed by atoms with van der Waals surface area (Å²) in [6, 6.07) is 5.95. The van der Waals surface area contributed by atoms with E-state index in [2.05, 4.69) is 0 Å². The predicted octanol–water partition coefficient (Wildman–Crippen LogP) is 2.35. The maximum absolute atomic E-state index is 13.9. The number of carbonyl (C=O) groups excluding carboxylic acids is 1. The van der Waals surface area contributed by atoms with E-state index in [9.17, 15) is 9.18 Å². The van der Waals surface area contributed by atoms with Gasteiger partial charge in [0.15, 0.2) is 0 Å². The highest BCUT2D eigenvalue weighted by molar-refractivity contribution is 7.09. The van der Waals surface area contributed by atoms with Crippen LogP contribution in [0.2, 0.25) is 0 Å². The van der Waals surface area contributed by atoms with Crippen LogP contribution in [-0.2, 0) is 13.0 Å². The summed E-state index contributed by atoms with van der Waals surface area (Å²) in [6.07, 6.45) is 0.604. The standard InChI is InChI=1S/C15H20FN5OS/c1-3-10-7-11(16)8-13(21(18)15(22)19-17)14(10)20(2)9-12-5-4-6-23-12/h4-8H,3,9,17-18H2,1-2H3,(H,19,22). The maximum Gasteiger partial charge on any atom is 0.350 e. The molecule has 2 amide bonds. The average molecular weight is 337 g/mol. The summed E-state index contributed by atoms with van der Waals surface area (Å²) < 4.78 is 13.9. The first-order valence-corrected chi connectivity index (χ1v) is 7.97. The largest absolute Gasteiger partial charge is 0.367 e. The van der Waals surface area contributed by atoms with E-state index in [0.29, 0.717) is 18.7 Å². The van der Waals surface area contributed by atoms with Crippen LogP contribution in [0.5, 0.6) is 0 Å². The van der Waals surface area contributed by atoms with Crippen LogP contribution >= 0.6 is 11.3 Å². The highest BCUT2D eigenvalue weighted by Crippen LogP contribution is 2.34. The Morgan fingerprint density at radius 1 is 1.43 bits per heavy atom. The normalized spacial score (nSPS) is 10.5. The fraction of sp³-hybridized carbons (Fsp3) is 0.267. The first-order valence-electron chi connectivity index (χ1n) is 7.09. The molecule has 2 aromatic rings. The smallest absolute Gasteiger partial charge is 0.350 e. The fourth-order valence-electron chi connectivity index (χ4n) is 2.43. The lowest BCUT2D eigenvalue weighted by atomic mass is 10.1. The van der Waals surface area contributed by atoms with Gasteiger partial charge in [0.1, 0.15) is 5.82 Å². The van der Waals surface area contributed by atoms with Crippen molar-refractivity contribution in [3.63, 3.8) is 0 Å². The molecule has 23 heavy (non-hydrogen) atoms. The number of aryl methyl sites for hydroxylation is 1. The second-order valence-electron chi connectivity index (χ2n) is 5.04. The number of hydrogen-bond donors (Lipinski definition) is 3. The van der Waals surface area contributed by atoms with Crippen LogP contribution in [0.25, 0.3) is 0 Å². The Morgan fingerprint density at radius 3 is 2.74 bits per heavy atom. The molecule has 0 bridgehead atoms. The molecule has 124 valence electrons. The van der Waals surface area contributed by atoms with E-state index < -0.39 is 11.8 Å². The molecular formula is C15H20FN5OS. The highest BCUT2D eigenvalue weighted by atomic mass is 32.1. The SMILES string of the molecule is CCc1cc(F)cc(N(N)C(=O)NN)c1N(C)Cc1cccs1. The van der Waals surface area contributed by atoms with E-state index in [1.165, 1.54) is 12.1 Å². The second kappa shape index (κ2) is 7.40. The summed E-state index contributed by atoms with van der Waals surface area (Å²) in [5, 5.41) is 2.81. The molecule has 0 aliphatic heterocycles. The van der Waals surface area contributed by atoms with Crippen LogP contribution in [0.15, 0.2) is 29.6 Å². The van der Waals surface area contributed by atoms with Crippen molar-refractivity contribution in [2.45, 2.75) is 19.9 Å². The lowest BCUT2D eigenvalue weighted by molar-refractivity contribution is 0.246. The van der Waals surface area contributed by atoms with Gasteiger partial charge in [-0.3, -0.25) is 5.43 Å². The van der Waals surface area contributed by atoms with Crippen LogP contribution in [0.4, 0.5) is 20.6 Å².